The molecule has 12 heteroatoms. The van der Waals surface area contributed by atoms with E-state index >= 15 is 0 Å². The predicted octanol–water partition coefficient (Wildman–Crippen LogP) is 3.95. The van der Waals surface area contributed by atoms with E-state index in [4.69, 9.17) is 4.74 Å². The third-order valence-corrected chi connectivity index (χ3v) is 11.2. The molecule has 3 aromatic heterocycles. The average Bonchev–Trinajstić information content (AvgIpc) is 3.42. The van der Waals surface area contributed by atoms with E-state index in [1.165, 1.54) is 12.4 Å². The second-order valence-electron chi connectivity index (χ2n) is 12.3. The Morgan fingerprint density at radius 2 is 1.86 bits per heavy atom. The number of hydrogen-bond acceptors (Lipinski definition) is 10. The number of ether oxygens (including phenoxy) is 1. The van der Waals surface area contributed by atoms with Gasteiger partial charge in [-0.3, -0.25) is 0 Å². The summed E-state index contributed by atoms with van der Waals surface area (Å²) in [5.74, 6) is 9.60. The summed E-state index contributed by atoms with van der Waals surface area (Å²) in [6.07, 6.45) is 15.8. The minimum absolute atomic E-state index is 0.248. The molecule has 2 aliphatic heterocycles. The van der Waals surface area contributed by atoms with Crippen molar-refractivity contribution in [1.29, 1.82) is 0 Å². The van der Waals surface area contributed by atoms with Crippen molar-refractivity contribution in [3.8, 4) is 23.2 Å². The molecule has 0 aromatic carbocycles. The molecule has 2 aliphatic carbocycles. The van der Waals surface area contributed by atoms with Crippen molar-refractivity contribution in [3.05, 3.63) is 42.5 Å². The molecule has 2 bridgehead atoms. The Kier molecular flexibility index (Phi) is 7.80. The topological polar surface area (TPSA) is 144 Å². The molecule has 43 heavy (non-hydrogen) atoms. The zero-order valence-corrected chi connectivity index (χ0v) is 24.8. The van der Waals surface area contributed by atoms with Crippen molar-refractivity contribution in [2.75, 3.05) is 23.8 Å². The highest BCUT2D eigenvalue weighted by molar-refractivity contribution is 7.90. The van der Waals surface area contributed by atoms with Gasteiger partial charge in [0.25, 0.3) is 10.0 Å². The molecule has 3 atom stereocenters. The number of rotatable bonds is 9. The fourth-order valence-electron chi connectivity index (χ4n) is 6.38. The lowest BCUT2D eigenvalue weighted by atomic mass is 9.82. The van der Waals surface area contributed by atoms with Crippen LogP contribution in [-0.2, 0) is 14.8 Å². The molecule has 5 heterocycles. The molecule has 0 amide bonds. The summed E-state index contributed by atoms with van der Waals surface area (Å²) in [5, 5.41) is 20.1. The van der Waals surface area contributed by atoms with E-state index in [0.29, 0.717) is 53.8 Å². The molecule has 4 fully saturated rings. The van der Waals surface area contributed by atoms with E-state index in [0.717, 1.165) is 66.8 Å². The summed E-state index contributed by atoms with van der Waals surface area (Å²) in [6, 6.07) is 3.70. The molecule has 4 aliphatic rings. The van der Waals surface area contributed by atoms with Crippen LogP contribution in [0.2, 0.25) is 0 Å². The Morgan fingerprint density at radius 3 is 2.60 bits per heavy atom. The van der Waals surface area contributed by atoms with E-state index in [2.05, 4.69) is 42.5 Å². The highest BCUT2D eigenvalue weighted by atomic mass is 32.2. The minimum atomic E-state index is -3.46. The van der Waals surface area contributed by atoms with Crippen molar-refractivity contribution in [1.82, 2.24) is 24.1 Å². The minimum Gasteiger partial charge on any atom is -0.396 e. The van der Waals surface area contributed by atoms with Crippen LogP contribution in [0.5, 0.6) is 0 Å². The van der Waals surface area contributed by atoms with Gasteiger partial charge < -0.3 is 20.5 Å². The highest BCUT2D eigenvalue weighted by Gasteiger charge is 2.40. The standard InChI is InChI=1S/C31H37N7O4S/c39-19-21-3-1-20(2-4-21)15-33-27-14-30(34-16-23(27)6-5-22-13-25-7-10-28(22)42-25)36-29-11-12-32-31(37-29)24-17-35-38(18-24)43(40,41)26-8-9-26/h11-12,14,16-18,20-22,25-26,28,39H,1-4,7-10,13,15,19H2,(H2,32,33,34,36,37). The Labute approximate surface area is 251 Å². The number of nitrogens with one attached hydrogen (secondary N) is 2. The third kappa shape index (κ3) is 6.25. The van der Waals surface area contributed by atoms with Crippen molar-refractivity contribution in [3.63, 3.8) is 0 Å². The third-order valence-electron chi connectivity index (χ3n) is 9.14. The summed E-state index contributed by atoms with van der Waals surface area (Å²) in [7, 11) is -3.46. The van der Waals surface area contributed by atoms with Crippen LogP contribution in [0.4, 0.5) is 17.3 Å². The van der Waals surface area contributed by atoms with Crippen molar-refractivity contribution in [2.45, 2.75) is 75.2 Å². The number of hydrogen-bond donors (Lipinski definition) is 3. The number of anilines is 3. The lowest BCUT2D eigenvalue weighted by molar-refractivity contribution is 0.0987. The molecular weight excluding hydrogens is 566 g/mol. The van der Waals surface area contributed by atoms with Gasteiger partial charge in [0.1, 0.15) is 11.6 Å². The first-order chi connectivity index (χ1) is 20.9. The number of aromatic nitrogens is 5. The smallest absolute Gasteiger partial charge is 0.256 e. The zero-order valence-electron chi connectivity index (χ0n) is 24.0. The van der Waals surface area contributed by atoms with Gasteiger partial charge in [0.2, 0.25) is 0 Å². The predicted molar refractivity (Wildman–Crippen MR) is 162 cm³/mol. The molecule has 3 aromatic rings. The fourth-order valence-corrected chi connectivity index (χ4v) is 7.86. The summed E-state index contributed by atoms with van der Waals surface area (Å²) in [5.41, 5.74) is 2.29. The largest absolute Gasteiger partial charge is 0.396 e. The Balaban J connectivity index is 1.09. The summed E-state index contributed by atoms with van der Waals surface area (Å²) < 4.78 is 32.1. The van der Waals surface area contributed by atoms with Gasteiger partial charge in [0.05, 0.1) is 46.7 Å². The van der Waals surface area contributed by atoms with Gasteiger partial charge in [0.15, 0.2) is 5.82 Å². The van der Waals surface area contributed by atoms with Crippen LogP contribution in [0.15, 0.2) is 36.9 Å². The quantitative estimate of drug-likeness (QED) is 0.308. The van der Waals surface area contributed by atoms with E-state index in [1.54, 1.807) is 18.5 Å². The normalized spacial score (nSPS) is 26.6. The maximum Gasteiger partial charge on any atom is 0.256 e. The van der Waals surface area contributed by atoms with E-state index in [1.807, 2.05) is 6.07 Å². The number of aliphatic hydroxyl groups is 1. The van der Waals surface area contributed by atoms with E-state index < -0.39 is 10.0 Å². The second kappa shape index (κ2) is 11.9. The van der Waals surface area contributed by atoms with Gasteiger partial charge in [-0.15, -0.1) is 0 Å². The number of aliphatic hydroxyl groups excluding tert-OH is 1. The summed E-state index contributed by atoms with van der Waals surface area (Å²) in [4.78, 5) is 13.6. The number of pyridine rings is 1. The van der Waals surface area contributed by atoms with Crippen LogP contribution < -0.4 is 10.6 Å². The molecule has 226 valence electrons. The Hall–Kier alpha value is -3.53. The fraction of sp³-hybridized carbons (Fsp3) is 0.548. The van der Waals surface area contributed by atoms with Crippen LogP contribution >= 0.6 is 0 Å². The summed E-state index contributed by atoms with van der Waals surface area (Å²) >= 11 is 0. The van der Waals surface area contributed by atoms with Crippen molar-refractivity contribution in [2.24, 2.45) is 17.8 Å². The maximum absolute atomic E-state index is 12.6. The first kappa shape index (κ1) is 28.3. The number of nitrogens with zero attached hydrogens (tertiary/aromatic N) is 5. The molecule has 11 nitrogen and oxygen atoms in total. The van der Waals surface area contributed by atoms with Crippen molar-refractivity contribution < 1.29 is 18.3 Å². The molecule has 2 saturated carbocycles. The summed E-state index contributed by atoms with van der Waals surface area (Å²) in [6.45, 7) is 1.11. The van der Waals surface area contributed by atoms with E-state index in [9.17, 15) is 13.5 Å². The van der Waals surface area contributed by atoms with Crippen LogP contribution in [0.3, 0.4) is 0 Å². The van der Waals surface area contributed by atoms with Crippen LogP contribution in [0.1, 0.15) is 63.4 Å². The Bertz CT molecular complexity index is 1640. The van der Waals surface area contributed by atoms with Gasteiger partial charge >= 0.3 is 0 Å². The van der Waals surface area contributed by atoms with Crippen LogP contribution in [0.25, 0.3) is 11.4 Å². The molecule has 2 saturated heterocycles. The van der Waals surface area contributed by atoms with E-state index in [-0.39, 0.29) is 23.9 Å². The van der Waals surface area contributed by atoms with Crippen molar-refractivity contribution >= 4 is 27.3 Å². The monoisotopic (exact) mass is 603 g/mol. The molecule has 7 rings (SSSR count). The second-order valence-corrected chi connectivity index (χ2v) is 14.4. The lowest BCUT2D eigenvalue weighted by Gasteiger charge is -2.27. The van der Waals surface area contributed by atoms with Gasteiger partial charge in [-0.2, -0.15) is 9.19 Å². The first-order valence-electron chi connectivity index (χ1n) is 15.4. The van der Waals surface area contributed by atoms with Gasteiger partial charge in [0, 0.05) is 37.5 Å². The van der Waals surface area contributed by atoms with Gasteiger partial charge in [-0.1, -0.05) is 11.8 Å². The first-order valence-corrected chi connectivity index (χ1v) is 16.9. The van der Waals surface area contributed by atoms with Crippen LogP contribution in [0, 0.1) is 29.6 Å². The molecule has 0 radical (unpaired) electrons. The zero-order chi connectivity index (χ0) is 29.4. The Morgan fingerprint density at radius 1 is 1.02 bits per heavy atom. The highest BCUT2D eigenvalue weighted by Crippen LogP contribution is 2.38. The van der Waals surface area contributed by atoms with Gasteiger partial charge in [-0.25, -0.2) is 23.4 Å². The molecule has 3 N–H and O–H groups in total. The molecule has 3 unspecified atom stereocenters. The van der Waals surface area contributed by atoms with Crippen LogP contribution in [-0.4, -0.2) is 68.3 Å². The number of fused-ring (bicyclic) bond motifs is 2. The molecule has 0 spiro atoms. The SMILES string of the molecule is O=S(=O)(C1CC1)n1cc(-c2nccc(Nc3cc(NCC4CCC(CO)CC4)c(C#CC4CC5CCC4O5)cn3)n2)cn1. The maximum atomic E-state index is 12.6. The molecular formula is C31H37N7O4S. The lowest BCUT2D eigenvalue weighted by Crippen LogP contribution is -2.23. The van der Waals surface area contributed by atoms with Gasteiger partial charge in [-0.05, 0) is 75.7 Å². The average molecular weight is 604 g/mol.